The zero-order valence-corrected chi connectivity index (χ0v) is 10.3. The molecule has 0 radical (unpaired) electrons. The van der Waals surface area contributed by atoms with Crippen LogP contribution in [0.2, 0.25) is 0 Å². The number of nitrogens with two attached hydrogens (primary N) is 1. The highest BCUT2D eigenvalue weighted by molar-refractivity contribution is 7.92. The molecule has 0 saturated heterocycles. The lowest BCUT2D eigenvalue weighted by molar-refractivity contribution is 0.600. The second-order valence-corrected chi connectivity index (χ2v) is 5.89. The Morgan fingerprint density at radius 3 is 2.59 bits per heavy atom. The van der Waals surface area contributed by atoms with Gasteiger partial charge in [0.25, 0.3) is 0 Å². The summed E-state index contributed by atoms with van der Waals surface area (Å²) in [6.45, 7) is 0. The molecule has 2 rings (SSSR count). The summed E-state index contributed by atoms with van der Waals surface area (Å²) < 4.78 is 29.5. The normalized spacial score (nSPS) is 11.3. The second-order valence-electron chi connectivity index (χ2n) is 3.38. The molecule has 90 valence electrons. The summed E-state index contributed by atoms with van der Waals surface area (Å²) in [5.41, 5.74) is 6.79. The molecule has 0 amide bonds. The minimum Gasteiger partial charge on any atom is -0.399 e. The average molecular weight is 270 g/mol. The van der Waals surface area contributed by atoms with Crippen molar-refractivity contribution in [3.63, 3.8) is 0 Å². The first-order chi connectivity index (χ1) is 8.05. The van der Waals surface area contributed by atoms with Crippen molar-refractivity contribution in [1.82, 2.24) is 9.59 Å². The lowest BCUT2D eigenvalue weighted by atomic mass is 10.2. The lowest BCUT2D eigenvalue weighted by Crippen LogP contribution is -2.14. The van der Waals surface area contributed by atoms with E-state index in [1.54, 1.807) is 24.3 Å². The topological polar surface area (TPSA) is 98.0 Å². The molecule has 1 heterocycles. The van der Waals surface area contributed by atoms with Gasteiger partial charge in [0.1, 0.15) is 5.00 Å². The molecule has 0 bridgehead atoms. The van der Waals surface area contributed by atoms with Gasteiger partial charge in [0.15, 0.2) is 0 Å². The van der Waals surface area contributed by atoms with Crippen LogP contribution in [-0.2, 0) is 15.8 Å². The number of aromatic nitrogens is 2. The molecule has 0 fully saturated rings. The van der Waals surface area contributed by atoms with E-state index in [1.807, 2.05) is 0 Å². The summed E-state index contributed by atoms with van der Waals surface area (Å²) in [7, 11) is -3.43. The largest absolute Gasteiger partial charge is 0.399 e. The minimum atomic E-state index is -3.43. The molecular formula is C9H10N4O2S2. The zero-order chi connectivity index (χ0) is 12.3. The molecule has 1 aromatic carbocycles. The van der Waals surface area contributed by atoms with Crippen molar-refractivity contribution < 1.29 is 8.42 Å². The van der Waals surface area contributed by atoms with Crippen molar-refractivity contribution in [2.75, 3.05) is 10.5 Å². The van der Waals surface area contributed by atoms with E-state index in [4.69, 9.17) is 5.73 Å². The highest BCUT2D eigenvalue weighted by atomic mass is 32.2. The first-order valence-corrected chi connectivity index (χ1v) is 7.10. The Balaban J connectivity index is 2.09. The molecule has 1 aromatic heterocycles. The maximum Gasteiger partial charge on any atom is 0.237 e. The third-order valence-corrected chi connectivity index (χ3v) is 3.91. The molecule has 0 spiro atoms. The third kappa shape index (κ3) is 3.40. The summed E-state index contributed by atoms with van der Waals surface area (Å²) in [5.74, 6) is -0.106. The highest BCUT2D eigenvalue weighted by Gasteiger charge is 2.12. The Morgan fingerprint density at radius 2 is 2.00 bits per heavy atom. The van der Waals surface area contributed by atoms with E-state index in [-0.39, 0.29) is 5.75 Å². The monoisotopic (exact) mass is 270 g/mol. The van der Waals surface area contributed by atoms with E-state index in [0.29, 0.717) is 16.3 Å². The first-order valence-electron chi connectivity index (χ1n) is 4.67. The van der Waals surface area contributed by atoms with Gasteiger partial charge in [-0.25, -0.2) is 8.42 Å². The Bertz CT molecular complexity index is 578. The van der Waals surface area contributed by atoms with Crippen LogP contribution in [0.4, 0.5) is 10.7 Å². The highest BCUT2D eigenvalue weighted by Crippen LogP contribution is 2.15. The van der Waals surface area contributed by atoms with Crippen LogP contribution in [0.15, 0.2) is 30.5 Å². The average Bonchev–Trinajstić information content (AvgIpc) is 2.73. The second kappa shape index (κ2) is 4.68. The predicted octanol–water partition coefficient (Wildman–Crippen LogP) is 1.06. The number of rotatable bonds is 4. The van der Waals surface area contributed by atoms with Crippen LogP contribution < -0.4 is 10.5 Å². The number of hydrogen-bond acceptors (Lipinski definition) is 6. The van der Waals surface area contributed by atoms with Gasteiger partial charge in [0.2, 0.25) is 10.0 Å². The minimum absolute atomic E-state index is 0.106. The van der Waals surface area contributed by atoms with E-state index in [2.05, 4.69) is 14.3 Å². The number of hydrogen-bond donors (Lipinski definition) is 2. The van der Waals surface area contributed by atoms with Crippen LogP contribution in [0.25, 0.3) is 0 Å². The summed E-state index contributed by atoms with van der Waals surface area (Å²) in [4.78, 5) is 0. The molecule has 3 N–H and O–H groups in total. The van der Waals surface area contributed by atoms with Gasteiger partial charge in [0, 0.05) is 17.2 Å². The number of nitrogens with zero attached hydrogens (tertiary/aromatic N) is 2. The van der Waals surface area contributed by atoms with Crippen molar-refractivity contribution in [3.8, 4) is 0 Å². The van der Waals surface area contributed by atoms with Crippen molar-refractivity contribution in [2.24, 2.45) is 0 Å². The van der Waals surface area contributed by atoms with Gasteiger partial charge in [-0.05, 0) is 17.7 Å². The number of sulfonamides is 1. The van der Waals surface area contributed by atoms with Crippen molar-refractivity contribution in [3.05, 3.63) is 36.0 Å². The van der Waals surface area contributed by atoms with Gasteiger partial charge in [-0.1, -0.05) is 16.6 Å². The lowest BCUT2D eigenvalue weighted by Gasteiger charge is -2.05. The number of nitrogens with one attached hydrogen (secondary N) is 1. The van der Waals surface area contributed by atoms with Gasteiger partial charge in [-0.2, -0.15) is 0 Å². The Labute approximate surface area is 103 Å². The zero-order valence-electron chi connectivity index (χ0n) is 8.70. The fourth-order valence-electron chi connectivity index (χ4n) is 1.23. The summed E-state index contributed by atoms with van der Waals surface area (Å²) in [6, 6.07) is 6.69. The number of anilines is 2. The molecule has 0 atom stereocenters. The fraction of sp³-hybridized carbons (Fsp3) is 0.111. The molecule has 0 saturated carbocycles. The molecular weight excluding hydrogens is 260 g/mol. The predicted molar refractivity (Wildman–Crippen MR) is 67.0 cm³/mol. The number of nitrogen functional groups attached to an aromatic ring is 1. The van der Waals surface area contributed by atoms with Crippen LogP contribution in [0, 0.1) is 0 Å². The van der Waals surface area contributed by atoms with Crippen molar-refractivity contribution >= 4 is 32.2 Å². The Morgan fingerprint density at radius 1 is 1.29 bits per heavy atom. The van der Waals surface area contributed by atoms with Crippen LogP contribution >= 0.6 is 11.5 Å². The van der Waals surface area contributed by atoms with Crippen LogP contribution in [-0.4, -0.2) is 18.0 Å². The van der Waals surface area contributed by atoms with Crippen LogP contribution in [0.3, 0.4) is 0 Å². The van der Waals surface area contributed by atoms with E-state index < -0.39 is 10.0 Å². The van der Waals surface area contributed by atoms with Gasteiger partial charge < -0.3 is 5.73 Å². The molecule has 6 nitrogen and oxygen atoms in total. The summed E-state index contributed by atoms with van der Waals surface area (Å²) in [5, 5.41) is 3.95. The molecule has 17 heavy (non-hydrogen) atoms. The quantitative estimate of drug-likeness (QED) is 0.809. The fourth-order valence-corrected chi connectivity index (χ4v) is 3.10. The molecule has 0 unspecified atom stereocenters. The molecule has 0 aliphatic heterocycles. The van der Waals surface area contributed by atoms with Gasteiger partial charge in [-0.15, -0.1) is 5.10 Å². The molecule has 0 aliphatic rings. The number of benzene rings is 1. The van der Waals surface area contributed by atoms with E-state index in [1.165, 1.54) is 6.20 Å². The van der Waals surface area contributed by atoms with Crippen molar-refractivity contribution in [2.45, 2.75) is 5.75 Å². The molecule has 8 heteroatoms. The first kappa shape index (κ1) is 11.8. The van der Waals surface area contributed by atoms with E-state index in [9.17, 15) is 8.42 Å². The summed E-state index contributed by atoms with van der Waals surface area (Å²) in [6.07, 6.45) is 1.37. The van der Waals surface area contributed by atoms with Gasteiger partial charge >= 0.3 is 0 Å². The van der Waals surface area contributed by atoms with Crippen LogP contribution in [0.1, 0.15) is 5.56 Å². The Kier molecular flexibility index (Phi) is 3.25. The summed E-state index contributed by atoms with van der Waals surface area (Å²) >= 11 is 0.991. The van der Waals surface area contributed by atoms with Crippen molar-refractivity contribution in [1.29, 1.82) is 0 Å². The van der Waals surface area contributed by atoms with Gasteiger partial charge in [-0.3, -0.25) is 4.72 Å². The maximum absolute atomic E-state index is 11.8. The van der Waals surface area contributed by atoms with E-state index >= 15 is 0 Å². The van der Waals surface area contributed by atoms with Gasteiger partial charge in [0.05, 0.1) is 11.9 Å². The smallest absolute Gasteiger partial charge is 0.237 e. The molecule has 2 aromatic rings. The standard InChI is InChI=1S/C9H10N4O2S2/c10-8-3-1-7(2-4-8)6-17(14,15)12-9-5-11-13-16-9/h1-5,12H,6,10H2. The third-order valence-electron chi connectivity index (χ3n) is 1.95. The molecule has 0 aliphatic carbocycles. The van der Waals surface area contributed by atoms with E-state index in [0.717, 1.165) is 11.5 Å². The maximum atomic E-state index is 11.8. The van der Waals surface area contributed by atoms with Crippen LogP contribution in [0.5, 0.6) is 0 Å². The SMILES string of the molecule is Nc1ccc(CS(=O)(=O)Nc2cnns2)cc1. The Hall–Kier alpha value is -1.67.